The van der Waals surface area contributed by atoms with E-state index in [0.717, 1.165) is 43.3 Å². The van der Waals surface area contributed by atoms with Crippen LogP contribution >= 0.6 is 0 Å². The molecule has 0 radical (unpaired) electrons. The van der Waals surface area contributed by atoms with Crippen LogP contribution in [0.15, 0.2) is 24.8 Å². The Hall–Kier alpha value is -2.15. The number of hydrogen-bond acceptors (Lipinski definition) is 6. The van der Waals surface area contributed by atoms with E-state index >= 15 is 0 Å². The van der Waals surface area contributed by atoms with Crippen molar-refractivity contribution < 1.29 is 0 Å². The lowest BCUT2D eigenvalue weighted by Crippen LogP contribution is -2.31. The molecule has 3 rings (SSSR count). The number of piperidine rings is 1. The topological polar surface area (TPSA) is 70.9 Å². The summed E-state index contributed by atoms with van der Waals surface area (Å²) in [5.74, 6) is 1.55. The normalized spacial score (nSPS) is 16.9. The van der Waals surface area contributed by atoms with Gasteiger partial charge in [-0.05, 0) is 33.0 Å². The molecular formula is C14H21N7. The van der Waals surface area contributed by atoms with Crippen LogP contribution in [-0.4, -0.2) is 51.8 Å². The average Bonchev–Trinajstić information content (AvgIpc) is 2.96. The molecule has 2 aromatic heterocycles. The van der Waals surface area contributed by atoms with Crippen molar-refractivity contribution in [3.63, 3.8) is 0 Å². The van der Waals surface area contributed by atoms with E-state index in [2.05, 4.69) is 48.5 Å². The Bertz CT molecular complexity index is 587. The third-order valence-corrected chi connectivity index (χ3v) is 3.86. The summed E-state index contributed by atoms with van der Waals surface area (Å²) in [6, 6.07) is 2.36. The monoisotopic (exact) mass is 287 g/mol. The third-order valence-electron chi connectivity index (χ3n) is 3.86. The Kier molecular flexibility index (Phi) is 4.01. The lowest BCUT2D eigenvalue weighted by Gasteiger charge is -2.28. The van der Waals surface area contributed by atoms with Gasteiger partial charge in [0.05, 0.1) is 17.9 Å². The predicted octanol–water partition coefficient (Wildman–Crippen LogP) is 1.73. The molecule has 7 nitrogen and oxygen atoms in total. The van der Waals surface area contributed by atoms with Gasteiger partial charge < -0.3 is 15.5 Å². The van der Waals surface area contributed by atoms with Crippen LogP contribution in [0.1, 0.15) is 18.9 Å². The second kappa shape index (κ2) is 6.09. The van der Waals surface area contributed by atoms with E-state index in [-0.39, 0.29) is 0 Å². The molecule has 1 aliphatic heterocycles. The number of rotatable bonds is 4. The molecule has 7 heteroatoms. The van der Waals surface area contributed by atoms with Crippen LogP contribution in [0.2, 0.25) is 0 Å². The number of likely N-dealkylation sites (tertiary alicyclic amines) is 1. The van der Waals surface area contributed by atoms with Gasteiger partial charge in [0.15, 0.2) is 0 Å². The van der Waals surface area contributed by atoms with Crippen molar-refractivity contribution in [3.05, 3.63) is 24.8 Å². The van der Waals surface area contributed by atoms with E-state index < -0.39 is 0 Å². The maximum atomic E-state index is 4.48. The Labute approximate surface area is 124 Å². The van der Waals surface area contributed by atoms with Gasteiger partial charge >= 0.3 is 0 Å². The predicted molar refractivity (Wildman–Crippen MR) is 82.9 cm³/mol. The molecule has 1 fully saturated rings. The van der Waals surface area contributed by atoms with Gasteiger partial charge in [-0.1, -0.05) is 0 Å². The zero-order valence-corrected chi connectivity index (χ0v) is 12.5. The van der Waals surface area contributed by atoms with Crippen LogP contribution in [0.4, 0.5) is 17.3 Å². The molecule has 0 spiro atoms. The quantitative estimate of drug-likeness (QED) is 0.892. The van der Waals surface area contributed by atoms with E-state index in [4.69, 9.17) is 0 Å². The van der Waals surface area contributed by atoms with Crippen molar-refractivity contribution >= 4 is 17.3 Å². The van der Waals surface area contributed by atoms with E-state index in [1.54, 1.807) is 0 Å². The van der Waals surface area contributed by atoms with Crippen molar-refractivity contribution in [1.29, 1.82) is 0 Å². The number of nitrogens with zero attached hydrogens (tertiary/aromatic N) is 5. The highest BCUT2D eigenvalue weighted by Crippen LogP contribution is 2.23. The fourth-order valence-corrected chi connectivity index (χ4v) is 2.57. The standard InChI is InChI=1S/C14H21N7/c1-15-13-7-14(17-10-16-13)19-11-8-18-21(9-11)12-3-5-20(2)6-4-12/h7-10,12H,3-6H2,1-2H3,(H2,15,16,17,19). The van der Waals surface area contributed by atoms with Crippen LogP contribution in [0.25, 0.3) is 0 Å². The SMILES string of the molecule is CNc1cc(Nc2cnn(C3CCN(C)CC3)c2)ncn1. The summed E-state index contributed by atoms with van der Waals surface area (Å²) >= 11 is 0. The van der Waals surface area contributed by atoms with E-state index in [0.29, 0.717) is 6.04 Å². The fourth-order valence-electron chi connectivity index (χ4n) is 2.57. The van der Waals surface area contributed by atoms with Crippen molar-refractivity contribution in [2.24, 2.45) is 0 Å². The summed E-state index contributed by atoms with van der Waals surface area (Å²) in [5, 5.41) is 10.7. The Morgan fingerprint density at radius 2 is 1.95 bits per heavy atom. The largest absolute Gasteiger partial charge is 0.373 e. The first kappa shape index (κ1) is 13.8. The summed E-state index contributed by atoms with van der Waals surface area (Å²) in [6.45, 7) is 2.26. The van der Waals surface area contributed by atoms with Crippen molar-refractivity contribution in [2.45, 2.75) is 18.9 Å². The summed E-state index contributed by atoms with van der Waals surface area (Å²) in [4.78, 5) is 10.7. The minimum absolute atomic E-state index is 0.495. The molecule has 0 unspecified atom stereocenters. The maximum Gasteiger partial charge on any atom is 0.135 e. The van der Waals surface area contributed by atoms with Crippen molar-refractivity contribution in [3.8, 4) is 0 Å². The zero-order chi connectivity index (χ0) is 14.7. The van der Waals surface area contributed by atoms with Crippen molar-refractivity contribution in [2.75, 3.05) is 37.8 Å². The smallest absolute Gasteiger partial charge is 0.135 e. The lowest BCUT2D eigenvalue weighted by atomic mass is 10.1. The Morgan fingerprint density at radius 1 is 1.19 bits per heavy atom. The van der Waals surface area contributed by atoms with Gasteiger partial charge in [-0.3, -0.25) is 4.68 Å². The highest BCUT2D eigenvalue weighted by atomic mass is 15.3. The molecule has 2 aromatic rings. The van der Waals surface area contributed by atoms with Crippen LogP contribution in [0.3, 0.4) is 0 Å². The van der Waals surface area contributed by atoms with E-state index in [1.807, 2.05) is 19.3 Å². The maximum absolute atomic E-state index is 4.48. The first-order valence-corrected chi connectivity index (χ1v) is 7.24. The van der Waals surface area contributed by atoms with Gasteiger partial charge in [0.2, 0.25) is 0 Å². The molecular weight excluding hydrogens is 266 g/mol. The first-order chi connectivity index (χ1) is 10.2. The van der Waals surface area contributed by atoms with Crippen LogP contribution in [0.5, 0.6) is 0 Å². The van der Waals surface area contributed by atoms with Crippen molar-refractivity contribution in [1.82, 2.24) is 24.6 Å². The van der Waals surface area contributed by atoms with Crippen LogP contribution in [-0.2, 0) is 0 Å². The average molecular weight is 287 g/mol. The first-order valence-electron chi connectivity index (χ1n) is 7.24. The number of aromatic nitrogens is 4. The lowest BCUT2D eigenvalue weighted by molar-refractivity contribution is 0.212. The number of nitrogens with one attached hydrogen (secondary N) is 2. The molecule has 0 atom stereocenters. The number of anilines is 3. The summed E-state index contributed by atoms with van der Waals surface area (Å²) < 4.78 is 2.06. The van der Waals surface area contributed by atoms with Gasteiger partial charge in [0.1, 0.15) is 18.0 Å². The summed E-state index contributed by atoms with van der Waals surface area (Å²) in [5.41, 5.74) is 0.953. The molecule has 0 amide bonds. The molecule has 21 heavy (non-hydrogen) atoms. The molecule has 3 heterocycles. The van der Waals surface area contributed by atoms with Crippen LogP contribution in [0, 0.1) is 0 Å². The minimum atomic E-state index is 0.495. The minimum Gasteiger partial charge on any atom is -0.373 e. The molecule has 1 aliphatic rings. The third kappa shape index (κ3) is 3.30. The summed E-state index contributed by atoms with van der Waals surface area (Å²) in [6.07, 6.45) is 7.73. The second-order valence-electron chi connectivity index (χ2n) is 5.41. The van der Waals surface area contributed by atoms with Gasteiger partial charge in [-0.25, -0.2) is 9.97 Å². The molecule has 0 aromatic carbocycles. The molecule has 2 N–H and O–H groups in total. The molecule has 0 saturated carbocycles. The van der Waals surface area contributed by atoms with Gasteiger partial charge in [0.25, 0.3) is 0 Å². The highest BCUT2D eigenvalue weighted by Gasteiger charge is 2.18. The van der Waals surface area contributed by atoms with E-state index in [9.17, 15) is 0 Å². The Morgan fingerprint density at radius 3 is 2.71 bits per heavy atom. The second-order valence-corrected chi connectivity index (χ2v) is 5.41. The van der Waals surface area contributed by atoms with E-state index in [1.165, 1.54) is 6.33 Å². The molecule has 0 aliphatic carbocycles. The Balaban J connectivity index is 1.67. The van der Waals surface area contributed by atoms with Gasteiger partial charge in [-0.15, -0.1) is 0 Å². The molecule has 1 saturated heterocycles. The summed E-state index contributed by atoms with van der Waals surface area (Å²) in [7, 11) is 4.00. The zero-order valence-electron chi connectivity index (χ0n) is 12.5. The number of hydrogen-bond donors (Lipinski definition) is 2. The fraction of sp³-hybridized carbons (Fsp3) is 0.500. The highest BCUT2D eigenvalue weighted by molar-refractivity contribution is 5.57. The van der Waals surface area contributed by atoms with Crippen LogP contribution < -0.4 is 10.6 Å². The van der Waals surface area contributed by atoms with Gasteiger partial charge in [0, 0.05) is 19.3 Å². The molecule has 112 valence electrons. The molecule has 0 bridgehead atoms. The van der Waals surface area contributed by atoms with Gasteiger partial charge in [-0.2, -0.15) is 5.10 Å².